The Morgan fingerprint density at radius 2 is 2.17 bits per heavy atom. The van der Waals surface area contributed by atoms with Gasteiger partial charge >= 0.3 is 0 Å². The van der Waals surface area contributed by atoms with E-state index in [9.17, 15) is 12.8 Å². The first-order valence-corrected chi connectivity index (χ1v) is 7.58. The van der Waals surface area contributed by atoms with Crippen LogP contribution in [-0.4, -0.2) is 28.7 Å². The number of hydrogen-bond acceptors (Lipinski definition) is 3. The predicted octanol–water partition coefficient (Wildman–Crippen LogP) is 2.15. The van der Waals surface area contributed by atoms with Gasteiger partial charge in [0.2, 0.25) is 10.0 Å². The fourth-order valence-electron chi connectivity index (χ4n) is 1.37. The molecule has 0 aliphatic carbocycles. The minimum atomic E-state index is -3.82. The molecule has 0 saturated heterocycles. The monoisotopic (exact) mass is 339 g/mol. The van der Waals surface area contributed by atoms with Crippen LogP contribution in [0.25, 0.3) is 0 Å². The standard InChI is InChI=1S/C11H15BrFNO3S/c1-8(7-17-2)6-14-18(15,16)11-4-3-9(12)5-10(11)13/h3-5,8,14H,6-7H2,1-2H3. The van der Waals surface area contributed by atoms with E-state index in [1.165, 1.54) is 12.1 Å². The van der Waals surface area contributed by atoms with Crippen LogP contribution >= 0.6 is 15.9 Å². The van der Waals surface area contributed by atoms with E-state index in [2.05, 4.69) is 20.7 Å². The molecule has 0 aliphatic rings. The minimum absolute atomic E-state index is 0.0169. The molecule has 7 heteroatoms. The lowest BCUT2D eigenvalue weighted by Gasteiger charge is -2.12. The molecule has 0 heterocycles. The van der Waals surface area contributed by atoms with Crippen LogP contribution in [0.3, 0.4) is 0 Å². The summed E-state index contributed by atoms with van der Waals surface area (Å²) in [5.74, 6) is -0.764. The van der Waals surface area contributed by atoms with Crippen molar-refractivity contribution in [2.75, 3.05) is 20.3 Å². The quantitative estimate of drug-likeness (QED) is 0.863. The number of sulfonamides is 1. The Hall–Kier alpha value is -0.500. The van der Waals surface area contributed by atoms with Gasteiger partial charge in [0.25, 0.3) is 0 Å². The van der Waals surface area contributed by atoms with E-state index in [0.29, 0.717) is 11.1 Å². The van der Waals surface area contributed by atoms with Gasteiger partial charge < -0.3 is 4.74 Å². The minimum Gasteiger partial charge on any atom is -0.384 e. The van der Waals surface area contributed by atoms with Gasteiger partial charge in [-0.15, -0.1) is 0 Å². The molecule has 1 N–H and O–H groups in total. The van der Waals surface area contributed by atoms with E-state index in [-0.39, 0.29) is 17.4 Å². The molecule has 0 bridgehead atoms. The van der Waals surface area contributed by atoms with Gasteiger partial charge in [-0.1, -0.05) is 22.9 Å². The molecule has 102 valence electrons. The lowest BCUT2D eigenvalue weighted by Crippen LogP contribution is -2.30. The summed E-state index contributed by atoms with van der Waals surface area (Å²) < 4.78 is 45.0. The summed E-state index contributed by atoms with van der Waals surface area (Å²) >= 11 is 3.07. The van der Waals surface area contributed by atoms with Crippen molar-refractivity contribution in [3.8, 4) is 0 Å². The second-order valence-electron chi connectivity index (χ2n) is 3.99. The van der Waals surface area contributed by atoms with Gasteiger partial charge in [-0.3, -0.25) is 0 Å². The highest BCUT2D eigenvalue weighted by Crippen LogP contribution is 2.19. The zero-order valence-corrected chi connectivity index (χ0v) is 12.5. The smallest absolute Gasteiger partial charge is 0.243 e. The van der Waals surface area contributed by atoms with Gasteiger partial charge in [0.1, 0.15) is 10.7 Å². The van der Waals surface area contributed by atoms with E-state index >= 15 is 0 Å². The molecule has 18 heavy (non-hydrogen) atoms. The molecule has 1 rings (SSSR count). The van der Waals surface area contributed by atoms with E-state index in [1.54, 1.807) is 7.11 Å². The van der Waals surface area contributed by atoms with Crippen LogP contribution in [-0.2, 0) is 14.8 Å². The maximum Gasteiger partial charge on any atom is 0.243 e. The molecule has 4 nitrogen and oxygen atoms in total. The number of benzene rings is 1. The van der Waals surface area contributed by atoms with Crippen LogP contribution in [0.1, 0.15) is 6.92 Å². The number of ether oxygens (including phenoxy) is 1. The number of halogens is 2. The van der Waals surface area contributed by atoms with Crippen molar-refractivity contribution in [1.29, 1.82) is 0 Å². The number of rotatable bonds is 6. The van der Waals surface area contributed by atoms with Crippen molar-refractivity contribution < 1.29 is 17.5 Å². The van der Waals surface area contributed by atoms with Crippen molar-refractivity contribution in [1.82, 2.24) is 4.72 Å². The lowest BCUT2D eigenvalue weighted by molar-refractivity contribution is 0.161. The third-order valence-corrected chi connectivity index (χ3v) is 4.21. The Morgan fingerprint density at radius 3 is 2.72 bits per heavy atom. The molecular weight excluding hydrogens is 325 g/mol. The fraction of sp³-hybridized carbons (Fsp3) is 0.455. The molecule has 1 atom stereocenters. The van der Waals surface area contributed by atoms with Crippen molar-refractivity contribution in [2.45, 2.75) is 11.8 Å². The topological polar surface area (TPSA) is 55.4 Å². The van der Waals surface area contributed by atoms with Gasteiger partial charge in [0.15, 0.2) is 0 Å². The second kappa shape index (κ2) is 6.60. The maximum atomic E-state index is 13.5. The summed E-state index contributed by atoms with van der Waals surface area (Å²) in [7, 11) is -2.28. The molecule has 0 fully saturated rings. The van der Waals surface area contributed by atoms with Gasteiger partial charge in [-0.2, -0.15) is 0 Å². The molecule has 0 amide bonds. The molecule has 0 saturated carbocycles. The molecule has 1 aromatic carbocycles. The van der Waals surface area contributed by atoms with Crippen molar-refractivity contribution in [2.24, 2.45) is 5.92 Å². The van der Waals surface area contributed by atoms with E-state index in [1.807, 2.05) is 6.92 Å². The van der Waals surface area contributed by atoms with E-state index in [4.69, 9.17) is 4.74 Å². The zero-order chi connectivity index (χ0) is 13.8. The van der Waals surface area contributed by atoms with Crippen LogP contribution < -0.4 is 4.72 Å². The Labute approximate surface area is 115 Å². The second-order valence-corrected chi connectivity index (χ2v) is 6.64. The summed E-state index contributed by atoms with van der Waals surface area (Å²) in [4.78, 5) is -0.352. The Balaban J connectivity index is 2.80. The van der Waals surface area contributed by atoms with Crippen LogP contribution in [0.2, 0.25) is 0 Å². The Morgan fingerprint density at radius 1 is 1.50 bits per heavy atom. The molecular formula is C11H15BrFNO3S. The average molecular weight is 340 g/mol. The summed E-state index contributed by atoms with van der Waals surface area (Å²) in [5.41, 5.74) is 0. The van der Waals surface area contributed by atoms with Crippen molar-refractivity contribution >= 4 is 26.0 Å². The predicted molar refractivity (Wildman–Crippen MR) is 70.3 cm³/mol. The number of hydrogen-bond donors (Lipinski definition) is 1. The molecule has 0 radical (unpaired) electrons. The third-order valence-electron chi connectivity index (χ3n) is 2.26. The van der Waals surface area contributed by atoms with Crippen molar-refractivity contribution in [3.05, 3.63) is 28.5 Å². The average Bonchev–Trinajstić information content (AvgIpc) is 2.26. The normalized spacial score (nSPS) is 13.6. The van der Waals surface area contributed by atoms with Crippen LogP contribution in [0.4, 0.5) is 4.39 Å². The first-order chi connectivity index (χ1) is 8.36. The highest BCUT2D eigenvalue weighted by atomic mass is 79.9. The highest BCUT2D eigenvalue weighted by Gasteiger charge is 2.19. The van der Waals surface area contributed by atoms with Gasteiger partial charge in [-0.05, 0) is 24.1 Å². The van der Waals surface area contributed by atoms with E-state index < -0.39 is 15.8 Å². The third kappa shape index (κ3) is 4.31. The van der Waals surface area contributed by atoms with Crippen LogP contribution in [0.5, 0.6) is 0 Å². The molecule has 0 aromatic heterocycles. The largest absolute Gasteiger partial charge is 0.384 e. The summed E-state index contributed by atoms with van der Waals surface area (Å²) in [6, 6.07) is 3.83. The zero-order valence-electron chi connectivity index (χ0n) is 10.1. The summed E-state index contributed by atoms with van der Waals surface area (Å²) in [6.45, 7) is 2.47. The van der Waals surface area contributed by atoms with Gasteiger partial charge in [0, 0.05) is 24.7 Å². The van der Waals surface area contributed by atoms with Gasteiger partial charge in [0.05, 0.1) is 0 Å². The highest BCUT2D eigenvalue weighted by molar-refractivity contribution is 9.10. The number of nitrogens with one attached hydrogen (secondary N) is 1. The van der Waals surface area contributed by atoms with Crippen LogP contribution in [0, 0.1) is 11.7 Å². The van der Waals surface area contributed by atoms with Crippen LogP contribution in [0.15, 0.2) is 27.6 Å². The van der Waals surface area contributed by atoms with Gasteiger partial charge in [-0.25, -0.2) is 17.5 Å². The molecule has 0 spiro atoms. The summed E-state index contributed by atoms with van der Waals surface area (Å²) in [5, 5.41) is 0. The lowest BCUT2D eigenvalue weighted by atomic mass is 10.2. The van der Waals surface area contributed by atoms with E-state index in [0.717, 1.165) is 6.07 Å². The molecule has 0 aliphatic heterocycles. The molecule has 1 unspecified atom stereocenters. The Bertz CT molecular complexity index is 507. The Kier molecular flexibility index (Phi) is 5.71. The summed E-state index contributed by atoms with van der Waals surface area (Å²) in [6.07, 6.45) is 0. The number of methoxy groups -OCH3 is 1. The molecule has 1 aromatic rings. The fourth-order valence-corrected chi connectivity index (χ4v) is 2.92. The SMILES string of the molecule is COCC(C)CNS(=O)(=O)c1ccc(Br)cc1F. The first-order valence-electron chi connectivity index (χ1n) is 5.30. The van der Waals surface area contributed by atoms with Crippen molar-refractivity contribution in [3.63, 3.8) is 0 Å². The maximum absolute atomic E-state index is 13.5. The first kappa shape index (κ1) is 15.6.